The molecule has 12 heteroatoms. The van der Waals surface area contributed by atoms with Gasteiger partial charge in [0.1, 0.15) is 18.1 Å². The van der Waals surface area contributed by atoms with Crippen molar-refractivity contribution in [1.29, 1.82) is 0 Å². The van der Waals surface area contributed by atoms with E-state index in [1.54, 1.807) is 13.8 Å². The molecule has 0 spiro atoms. The Bertz CT molecular complexity index is 699. The average Bonchev–Trinajstić information content (AvgIpc) is 2.71. The third kappa shape index (κ3) is 13.1. The van der Waals surface area contributed by atoms with Gasteiger partial charge in [0.2, 0.25) is 17.7 Å². The summed E-state index contributed by atoms with van der Waals surface area (Å²) in [7, 11) is 0. The van der Waals surface area contributed by atoms with Crippen LogP contribution in [0.3, 0.4) is 0 Å². The minimum Gasteiger partial charge on any atom is -0.481 e. The molecule has 0 unspecified atom stereocenters. The Morgan fingerprint density at radius 1 is 0.735 bits per heavy atom. The van der Waals surface area contributed by atoms with E-state index < -0.39 is 60.2 Å². The lowest BCUT2D eigenvalue weighted by Crippen LogP contribution is -2.57. The van der Waals surface area contributed by atoms with Gasteiger partial charge >= 0.3 is 11.9 Å². The largest absolute Gasteiger partial charge is 0.481 e. The molecular weight excluding hydrogens is 446 g/mol. The lowest BCUT2D eigenvalue weighted by Gasteiger charge is -2.25. The highest BCUT2D eigenvalue weighted by Gasteiger charge is 2.32. The zero-order valence-corrected chi connectivity index (χ0v) is 20.5. The van der Waals surface area contributed by atoms with Gasteiger partial charge in [-0.25, -0.2) is 4.79 Å². The second-order valence-corrected chi connectivity index (χ2v) is 9.27. The summed E-state index contributed by atoms with van der Waals surface area (Å²) >= 11 is 0. The van der Waals surface area contributed by atoms with Crippen molar-refractivity contribution in [2.24, 2.45) is 23.3 Å². The molecule has 0 saturated heterocycles. The first-order chi connectivity index (χ1) is 15.8. The maximum absolute atomic E-state index is 12.9. The second-order valence-electron chi connectivity index (χ2n) is 9.27. The van der Waals surface area contributed by atoms with Gasteiger partial charge in [-0.15, -0.1) is 0 Å². The van der Waals surface area contributed by atoms with Crippen molar-refractivity contribution in [3.05, 3.63) is 0 Å². The van der Waals surface area contributed by atoms with Gasteiger partial charge in [0.05, 0.1) is 12.5 Å². The molecular formula is C22H41N5O7. The van der Waals surface area contributed by atoms with Gasteiger partial charge in [-0.3, -0.25) is 19.2 Å². The van der Waals surface area contributed by atoms with Crippen molar-refractivity contribution < 1.29 is 34.2 Å². The molecule has 0 fully saturated rings. The van der Waals surface area contributed by atoms with Crippen molar-refractivity contribution in [3.63, 3.8) is 0 Å². The van der Waals surface area contributed by atoms with Crippen molar-refractivity contribution in [2.75, 3.05) is 6.54 Å². The zero-order valence-electron chi connectivity index (χ0n) is 20.5. The SMILES string of the molecule is CC(C)C[C@H](NC(=O)[C@H](CC(=O)O)NC(=O)[C@H](CC(C)C)NC(=O)[C@@H](N)CCCCN)C(=O)O. The lowest BCUT2D eigenvalue weighted by molar-refractivity contribution is -0.144. The number of carbonyl (C=O) groups excluding carboxylic acids is 3. The Morgan fingerprint density at radius 3 is 1.68 bits per heavy atom. The first-order valence-corrected chi connectivity index (χ1v) is 11.6. The maximum atomic E-state index is 12.9. The summed E-state index contributed by atoms with van der Waals surface area (Å²) in [5, 5.41) is 25.8. The molecule has 0 aromatic heterocycles. The van der Waals surface area contributed by atoms with E-state index in [0.29, 0.717) is 25.8 Å². The third-order valence-corrected chi connectivity index (χ3v) is 4.98. The van der Waals surface area contributed by atoms with E-state index in [9.17, 15) is 34.2 Å². The first-order valence-electron chi connectivity index (χ1n) is 11.6. The van der Waals surface area contributed by atoms with Crippen LogP contribution in [-0.4, -0.2) is 70.6 Å². The number of aliphatic carboxylic acids is 2. The number of carboxylic acids is 2. The Kier molecular flexibility index (Phi) is 14.7. The summed E-state index contributed by atoms with van der Waals surface area (Å²) in [6.45, 7) is 7.69. The Labute approximate surface area is 200 Å². The topological polar surface area (TPSA) is 214 Å². The Morgan fingerprint density at radius 2 is 1.21 bits per heavy atom. The molecule has 0 heterocycles. The molecule has 12 nitrogen and oxygen atoms in total. The zero-order chi connectivity index (χ0) is 26.4. The molecule has 0 aliphatic rings. The minimum absolute atomic E-state index is 0.0151. The third-order valence-electron chi connectivity index (χ3n) is 4.98. The summed E-state index contributed by atoms with van der Waals surface area (Å²) < 4.78 is 0. The van der Waals surface area contributed by atoms with Crippen LogP contribution in [0.15, 0.2) is 0 Å². The highest BCUT2D eigenvalue weighted by atomic mass is 16.4. The van der Waals surface area contributed by atoms with Gasteiger partial charge in [0.15, 0.2) is 0 Å². The van der Waals surface area contributed by atoms with Crippen LogP contribution in [0.2, 0.25) is 0 Å². The van der Waals surface area contributed by atoms with Gasteiger partial charge in [0.25, 0.3) is 0 Å². The lowest BCUT2D eigenvalue weighted by atomic mass is 10.0. The van der Waals surface area contributed by atoms with Crippen LogP contribution in [0, 0.1) is 11.8 Å². The summed E-state index contributed by atoms with van der Waals surface area (Å²) in [6.07, 6.45) is 1.33. The summed E-state index contributed by atoms with van der Waals surface area (Å²) in [4.78, 5) is 60.8. The molecule has 34 heavy (non-hydrogen) atoms. The number of rotatable bonds is 17. The normalized spacial score (nSPS) is 14.7. The standard InChI is InChI=1S/C22H41N5O7/c1-12(2)9-15(25-19(30)14(24)7-5-6-8-23)20(31)26-16(11-18(28)29)21(32)27-17(22(33)34)10-13(3)4/h12-17H,5-11,23-24H2,1-4H3,(H,25,30)(H,26,31)(H,27,32)(H,28,29)(H,33,34)/t14-,15-,16-,17-/m0/s1. The number of hydrogen-bond donors (Lipinski definition) is 7. The molecule has 0 aromatic rings. The van der Waals surface area contributed by atoms with Crippen molar-refractivity contribution in [2.45, 2.75) is 90.4 Å². The molecule has 196 valence electrons. The number of hydrogen-bond acceptors (Lipinski definition) is 7. The molecule has 0 radical (unpaired) electrons. The smallest absolute Gasteiger partial charge is 0.326 e. The van der Waals surface area contributed by atoms with Crippen LogP contribution in [0.4, 0.5) is 0 Å². The van der Waals surface area contributed by atoms with Gasteiger partial charge in [0, 0.05) is 0 Å². The van der Waals surface area contributed by atoms with E-state index in [1.165, 1.54) is 0 Å². The molecule has 4 atom stereocenters. The molecule has 3 amide bonds. The highest BCUT2D eigenvalue weighted by molar-refractivity contribution is 5.95. The number of carbonyl (C=O) groups is 5. The van der Waals surface area contributed by atoms with Crippen LogP contribution in [0.5, 0.6) is 0 Å². The number of nitrogens with two attached hydrogens (primary N) is 2. The number of nitrogens with one attached hydrogen (secondary N) is 3. The predicted molar refractivity (Wildman–Crippen MR) is 125 cm³/mol. The first kappa shape index (κ1) is 31.3. The van der Waals surface area contributed by atoms with Crippen LogP contribution in [-0.2, 0) is 24.0 Å². The molecule has 0 aliphatic carbocycles. The van der Waals surface area contributed by atoms with E-state index in [0.717, 1.165) is 0 Å². The van der Waals surface area contributed by atoms with Gasteiger partial charge in [-0.1, -0.05) is 34.1 Å². The maximum Gasteiger partial charge on any atom is 0.326 e. The van der Waals surface area contributed by atoms with E-state index in [-0.39, 0.29) is 24.7 Å². The van der Waals surface area contributed by atoms with Crippen LogP contribution >= 0.6 is 0 Å². The molecule has 9 N–H and O–H groups in total. The fourth-order valence-corrected chi connectivity index (χ4v) is 3.24. The Balaban J connectivity index is 5.45. The molecule has 0 saturated carbocycles. The van der Waals surface area contributed by atoms with Crippen LogP contribution in [0.25, 0.3) is 0 Å². The average molecular weight is 488 g/mol. The van der Waals surface area contributed by atoms with Crippen molar-refractivity contribution in [1.82, 2.24) is 16.0 Å². The summed E-state index contributed by atoms with van der Waals surface area (Å²) in [6, 6.07) is -4.66. The predicted octanol–water partition coefficient (Wildman–Crippen LogP) is -0.451. The molecule has 0 aromatic carbocycles. The number of carboxylic acid groups (broad SMARTS) is 2. The van der Waals surface area contributed by atoms with Crippen LogP contribution in [0.1, 0.15) is 66.2 Å². The van der Waals surface area contributed by atoms with Gasteiger partial charge in [-0.2, -0.15) is 0 Å². The van der Waals surface area contributed by atoms with Crippen molar-refractivity contribution >= 4 is 29.7 Å². The van der Waals surface area contributed by atoms with Gasteiger partial charge < -0.3 is 37.6 Å². The fraction of sp³-hybridized carbons (Fsp3) is 0.773. The minimum atomic E-state index is -1.52. The summed E-state index contributed by atoms with van der Waals surface area (Å²) in [5.74, 6) is -4.92. The Hall–Kier alpha value is -2.73. The van der Waals surface area contributed by atoms with E-state index >= 15 is 0 Å². The van der Waals surface area contributed by atoms with Crippen LogP contribution < -0.4 is 27.4 Å². The van der Waals surface area contributed by atoms with Gasteiger partial charge in [-0.05, 0) is 44.1 Å². The quantitative estimate of drug-likeness (QED) is 0.132. The number of unbranched alkanes of at least 4 members (excludes halogenated alkanes) is 1. The summed E-state index contributed by atoms with van der Waals surface area (Å²) in [5.41, 5.74) is 11.3. The molecule has 0 bridgehead atoms. The van der Waals surface area contributed by atoms with Crippen molar-refractivity contribution in [3.8, 4) is 0 Å². The fourth-order valence-electron chi connectivity index (χ4n) is 3.24. The molecule has 0 rings (SSSR count). The molecule has 0 aliphatic heterocycles. The second kappa shape index (κ2) is 16.0. The highest BCUT2D eigenvalue weighted by Crippen LogP contribution is 2.09. The monoisotopic (exact) mass is 487 g/mol. The van der Waals surface area contributed by atoms with E-state index in [2.05, 4.69) is 16.0 Å². The van der Waals surface area contributed by atoms with E-state index in [4.69, 9.17) is 11.5 Å². The van der Waals surface area contributed by atoms with E-state index in [1.807, 2.05) is 13.8 Å². The number of amides is 3.